The SMILES string of the molecule is N#Cc1cc(N[C@H]2CCN(C(=O)C3CCCCC3)C2)ccc1[N+](=O)[O-]. The van der Waals surface area contributed by atoms with Crippen LogP contribution in [0.25, 0.3) is 0 Å². The number of hydrogen-bond donors (Lipinski definition) is 1. The molecule has 3 rings (SSSR count). The monoisotopic (exact) mass is 342 g/mol. The summed E-state index contributed by atoms with van der Waals surface area (Å²) < 4.78 is 0. The van der Waals surface area contributed by atoms with E-state index in [0.29, 0.717) is 12.2 Å². The quantitative estimate of drug-likeness (QED) is 0.669. The molecule has 0 unspecified atom stereocenters. The summed E-state index contributed by atoms with van der Waals surface area (Å²) in [7, 11) is 0. The first-order chi connectivity index (χ1) is 12.1. The van der Waals surface area contributed by atoms with Gasteiger partial charge in [-0.2, -0.15) is 5.26 Å². The molecule has 1 saturated heterocycles. The van der Waals surface area contributed by atoms with Crippen LogP contribution in [0.1, 0.15) is 44.1 Å². The van der Waals surface area contributed by atoms with E-state index in [9.17, 15) is 14.9 Å². The van der Waals surface area contributed by atoms with Gasteiger partial charge in [0.15, 0.2) is 0 Å². The molecule has 0 aromatic heterocycles. The van der Waals surface area contributed by atoms with Crippen LogP contribution in [0.2, 0.25) is 0 Å². The predicted octanol–water partition coefficient (Wildman–Crippen LogP) is 3.06. The van der Waals surface area contributed by atoms with Crippen LogP contribution in [0, 0.1) is 27.4 Å². The van der Waals surface area contributed by atoms with Crippen molar-refractivity contribution >= 4 is 17.3 Å². The number of amides is 1. The smallest absolute Gasteiger partial charge is 0.287 e. The van der Waals surface area contributed by atoms with Crippen LogP contribution in [0.4, 0.5) is 11.4 Å². The van der Waals surface area contributed by atoms with Gasteiger partial charge in [0.1, 0.15) is 11.6 Å². The number of nitro benzene ring substituents is 1. The lowest BCUT2D eigenvalue weighted by Crippen LogP contribution is -2.36. The number of carbonyl (C=O) groups excluding carboxylic acids is 1. The highest BCUT2D eigenvalue weighted by molar-refractivity contribution is 5.79. The van der Waals surface area contributed by atoms with Crippen LogP contribution >= 0.6 is 0 Å². The van der Waals surface area contributed by atoms with E-state index in [2.05, 4.69) is 5.32 Å². The fraction of sp³-hybridized carbons (Fsp3) is 0.556. The highest BCUT2D eigenvalue weighted by Crippen LogP contribution is 2.28. The standard InChI is InChI=1S/C18H22N4O3/c19-11-14-10-15(6-7-17(14)22(24)25)20-16-8-9-21(12-16)18(23)13-4-2-1-3-5-13/h6-7,10,13,16,20H,1-5,8-9,12H2/t16-/m0/s1. The summed E-state index contributed by atoms with van der Waals surface area (Å²) in [5, 5.41) is 23.3. The molecule has 0 radical (unpaired) electrons. The van der Waals surface area contributed by atoms with Gasteiger partial charge in [-0.15, -0.1) is 0 Å². The summed E-state index contributed by atoms with van der Waals surface area (Å²) >= 11 is 0. The molecule has 1 heterocycles. The Bertz CT molecular complexity index is 707. The number of likely N-dealkylation sites (tertiary alicyclic amines) is 1. The number of hydrogen-bond acceptors (Lipinski definition) is 5. The van der Waals surface area contributed by atoms with E-state index >= 15 is 0 Å². The van der Waals surface area contributed by atoms with Crippen molar-refractivity contribution in [3.63, 3.8) is 0 Å². The first-order valence-electron chi connectivity index (χ1n) is 8.82. The van der Waals surface area contributed by atoms with E-state index < -0.39 is 4.92 Å². The molecule has 25 heavy (non-hydrogen) atoms. The lowest BCUT2D eigenvalue weighted by molar-refractivity contribution is -0.385. The maximum atomic E-state index is 12.6. The predicted molar refractivity (Wildman–Crippen MR) is 93.0 cm³/mol. The second kappa shape index (κ2) is 7.51. The Morgan fingerprint density at radius 3 is 2.72 bits per heavy atom. The van der Waals surface area contributed by atoms with E-state index in [1.807, 2.05) is 11.0 Å². The Labute approximate surface area is 146 Å². The molecule has 1 atom stereocenters. The van der Waals surface area contributed by atoms with Crippen LogP contribution in [0.3, 0.4) is 0 Å². The van der Waals surface area contributed by atoms with Gasteiger partial charge in [-0.25, -0.2) is 0 Å². The van der Waals surface area contributed by atoms with Crippen molar-refractivity contribution in [3.8, 4) is 6.07 Å². The summed E-state index contributed by atoms with van der Waals surface area (Å²) in [6, 6.07) is 6.45. The molecule has 132 valence electrons. The highest BCUT2D eigenvalue weighted by atomic mass is 16.6. The molecule has 7 heteroatoms. The molecular formula is C18H22N4O3. The minimum absolute atomic E-state index is 0.0446. The molecule has 1 amide bonds. The van der Waals surface area contributed by atoms with Gasteiger partial charge in [0.25, 0.3) is 5.69 Å². The van der Waals surface area contributed by atoms with Gasteiger partial charge < -0.3 is 10.2 Å². The Hall–Kier alpha value is -2.62. The Balaban J connectivity index is 1.60. The van der Waals surface area contributed by atoms with Gasteiger partial charge in [0, 0.05) is 36.8 Å². The third kappa shape index (κ3) is 3.90. The van der Waals surface area contributed by atoms with Crippen molar-refractivity contribution in [2.75, 3.05) is 18.4 Å². The van der Waals surface area contributed by atoms with Crippen LogP contribution in [-0.4, -0.2) is 34.9 Å². The van der Waals surface area contributed by atoms with Gasteiger partial charge in [-0.05, 0) is 31.4 Å². The van der Waals surface area contributed by atoms with Gasteiger partial charge in [0.2, 0.25) is 5.91 Å². The normalized spacial score (nSPS) is 20.9. The lowest BCUT2D eigenvalue weighted by atomic mass is 9.88. The van der Waals surface area contributed by atoms with E-state index in [1.54, 1.807) is 6.07 Å². The van der Waals surface area contributed by atoms with Gasteiger partial charge >= 0.3 is 0 Å². The van der Waals surface area contributed by atoms with Crippen molar-refractivity contribution in [1.29, 1.82) is 5.26 Å². The number of carbonyl (C=O) groups is 1. The Morgan fingerprint density at radius 2 is 2.04 bits per heavy atom. The maximum Gasteiger partial charge on any atom is 0.287 e. The molecule has 2 aliphatic rings. The van der Waals surface area contributed by atoms with E-state index in [1.165, 1.54) is 18.6 Å². The van der Waals surface area contributed by atoms with Crippen LogP contribution in [0.15, 0.2) is 18.2 Å². The summed E-state index contributed by atoms with van der Waals surface area (Å²) in [5.41, 5.74) is 0.538. The number of nitro groups is 1. The minimum Gasteiger partial charge on any atom is -0.380 e. The van der Waals surface area contributed by atoms with Crippen molar-refractivity contribution in [3.05, 3.63) is 33.9 Å². The van der Waals surface area contributed by atoms with Crippen molar-refractivity contribution in [2.45, 2.75) is 44.6 Å². The van der Waals surface area contributed by atoms with E-state index in [4.69, 9.17) is 5.26 Å². The number of nitriles is 1. The molecule has 1 aromatic rings. The molecule has 1 saturated carbocycles. The number of rotatable bonds is 4. The summed E-state index contributed by atoms with van der Waals surface area (Å²) in [5.74, 6) is 0.447. The van der Waals surface area contributed by atoms with Crippen LogP contribution in [-0.2, 0) is 4.79 Å². The summed E-state index contributed by atoms with van der Waals surface area (Å²) in [6.45, 7) is 1.39. The zero-order valence-corrected chi connectivity index (χ0v) is 14.1. The average molecular weight is 342 g/mol. The highest BCUT2D eigenvalue weighted by Gasteiger charge is 2.31. The number of benzene rings is 1. The molecule has 1 aliphatic heterocycles. The molecule has 2 fully saturated rings. The third-order valence-corrected chi connectivity index (χ3v) is 5.14. The number of nitrogens with one attached hydrogen (secondary N) is 1. The number of nitrogens with zero attached hydrogens (tertiary/aromatic N) is 3. The molecule has 1 aromatic carbocycles. The van der Waals surface area contributed by atoms with Crippen LogP contribution in [0.5, 0.6) is 0 Å². The molecule has 1 N–H and O–H groups in total. The summed E-state index contributed by atoms with van der Waals surface area (Å²) in [4.78, 5) is 24.9. The zero-order valence-electron chi connectivity index (χ0n) is 14.1. The minimum atomic E-state index is -0.553. The lowest BCUT2D eigenvalue weighted by Gasteiger charge is -2.26. The second-order valence-electron chi connectivity index (χ2n) is 6.85. The fourth-order valence-electron chi connectivity index (χ4n) is 3.80. The van der Waals surface area contributed by atoms with Crippen molar-refractivity contribution < 1.29 is 9.72 Å². The third-order valence-electron chi connectivity index (χ3n) is 5.14. The molecular weight excluding hydrogens is 320 g/mol. The molecule has 0 bridgehead atoms. The average Bonchev–Trinajstić information content (AvgIpc) is 3.10. The van der Waals surface area contributed by atoms with Crippen LogP contribution < -0.4 is 5.32 Å². The zero-order chi connectivity index (χ0) is 17.8. The Kier molecular flexibility index (Phi) is 5.17. The first kappa shape index (κ1) is 17.2. The van der Waals surface area contributed by atoms with E-state index in [-0.39, 0.29) is 29.1 Å². The Morgan fingerprint density at radius 1 is 1.28 bits per heavy atom. The number of anilines is 1. The summed E-state index contributed by atoms with van der Waals surface area (Å²) in [6.07, 6.45) is 6.37. The van der Waals surface area contributed by atoms with Crippen molar-refractivity contribution in [1.82, 2.24) is 4.90 Å². The molecule has 0 spiro atoms. The van der Waals surface area contributed by atoms with Gasteiger partial charge in [-0.1, -0.05) is 19.3 Å². The second-order valence-corrected chi connectivity index (χ2v) is 6.85. The van der Waals surface area contributed by atoms with Gasteiger partial charge in [-0.3, -0.25) is 14.9 Å². The fourth-order valence-corrected chi connectivity index (χ4v) is 3.80. The largest absolute Gasteiger partial charge is 0.380 e. The van der Waals surface area contributed by atoms with E-state index in [0.717, 1.165) is 38.6 Å². The molecule has 7 nitrogen and oxygen atoms in total. The topological polar surface area (TPSA) is 99.3 Å². The first-order valence-corrected chi connectivity index (χ1v) is 8.82. The molecule has 1 aliphatic carbocycles. The van der Waals surface area contributed by atoms with Crippen molar-refractivity contribution in [2.24, 2.45) is 5.92 Å². The maximum absolute atomic E-state index is 12.6. The van der Waals surface area contributed by atoms with Gasteiger partial charge in [0.05, 0.1) is 4.92 Å².